The molecule has 218 valence electrons. The molecule has 5 rings (SSSR count). The van der Waals surface area contributed by atoms with Crippen molar-refractivity contribution in [3.8, 4) is 11.5 Å². The summed E-state index contributed by atoms with van der Waals surface area (Å²) in [6, 6.07) is 38.8. The smallest absolute Gasteiger partial charge is 0.493 e. The Morgan fingerprint density at radius 2 is 1.07 bits per heavy atom. The number of hydrogen-bond donors (Lipinski definition) is 0. The van der Waals surface area contributed by atoms with Crippen molar-refractivity contribution >= 4 is 34.1 Å². The van der Waals surface area contributed by atoms with Gasteiger partial charge in [0.15, 0.2) is 5.75 Å². The summed E-state index contributed by atoms with van der Waals surface area (Å²) in [7, 11) is 1.05. The molecule has 0 saturated carbocycles. The molecule has 1 heterocycles. The number of methoxy groups -OCH3 is 2. The summed E-state index contributed by atoms with van der Waals surface area (Å²) in [6.07, 6.45) is 9.02. The van der Waals surface area contributed by atoms with Crippen LogP contribution in [0, 0.1) is 0 Å². The molecule has 1 aromatic heterocycles. The molecule has 0 radical (unpaired) electrons. The molecule has 0 bridgehead atoms. The fraction of sp³-hybridized carbons (Fsp3) is 0.270. The fourth-order valence-electron chi connectivity index (χ4n) is 6.27. The Bertz CT molecular complexity index is 1520. The number of hydrogen-bond acceptors (Lipinski definition) is 4. The van der Waals surface area contributed by atoms with Crippen LogP contribution in [0.15, 0.2) is 118 Å². The normalized spacial score (nSPS) is 11.9. The predicted octanol–water partition coefficient (Wildman–Crippen LogP) is 7.42. The van der Waals surface area contributed by atoms with Crippen LogP contribution in [-0.4, -0.2) is 20.4 Å². The van der Waals surface area contributed by atoms with E-state index in [0.717, 1.165) is 30.2 Å². The average molecular weight is 581 g/mol. The number of aryl methyl sites for hydroxylation is 1. The third kappa shape index (κ3) is 6.61. The molecule has 5 heteroatoms. The van der Waals surface area contributed by atoms with E-state index in [1.165, 1.54) is 47.8 Å². The quantitative estimate of drug-likeness (QED) is 0.0779. The SMILES string of the molecule is COc1cc2oc(=O)cc(CCCCCCCC[PH](c3ccccc3)(c3ccccc3)c3ccccc3)c2cc1OC. The van der Waals surface area contributed by atoms with Gasteiger partial charge in [-0.15, -0.1) is 0 Å². The first-order valence-corrected chi connectivity index (χ1v) is 17.2. The van der Waals surface area contributed by atoms with E-state index in [-0.39, 0.29) is 5.63 Å². The third-order valence-electron chi connectivity index (χ3n) is 8.38. The van der Waals surface area contributed by atoms with Gasteiger partial charge in [-0.25, -0.2) is 0 Å². The Balaban J connectivity index is 1.21. The first-order chi connectivity index (χ1) is 20.7. The van der Waals surface area contributed by atoms with Gasteiger partial charge in [0.25, 0.3) is 0 Å². The molecular weight excluding hydrogens is 539 g/mol. The number of benzene rings is 4. The predicted molar refractivity (Wildman–Crippen MR) is 178 cm³/mol. The van der Waals surface area contributed by atoms with E-state index in [1.807, 2.05) is 6.07 Å². The van der Waals surface area contributed by atoms with Crippen LogP contribution in [0.25, 0.3) is 11.0 Å². The van der Waals surface area contributed by atoms with Crippen LogP contribution in [0.5, 0.6) is 11.5 Å². The molecule has 0 atom stereocenters. The van der Waals surface area contributed by atoms with Gasteiger partial charge in [0.2, 0.25) is 0 Å². The van der Waals surface area contributed by atoms with E-state index in [2.05, 4.69) is 91.0 Å². The second-order valence-electron chi connectivity index (χ2n) is 10.9. The Morgan fingerprint density at radius 1 is 0.595 bits per heavy atom. The van der Waals surface area contributed by atoms with Gasteiger partial charge in [-0.2, -0.15) is 0 Å². The topological polar surface area (TPSA) is 48.7 Å². The summed E-state index contributed by atoms with van der Waals surface area (Å²) >= 11 is 0. The van der Waals surface area contributed by atoms with Crippen LogP contribution in [0.3, 0.4) is 0 Å². The van der Waals surface area contributed by atoms with Gasteiger partial charge in [0, 0.05) is 0 Å². The number of fused-ring (bicyclic) bond motifs is 1. The zero-order valence-corrected chi connectivity index (χ0v) is 25.7. The fourth-order valence-corrected chi connectivity index (χ4v) is 11.2. The Labute approximate surface area is 249 Å². The van der Waals surface area contributed by atoms with E-state index in [0.29, 0.717) is 17.1 Å². The molecule has 4 aromatic carbocycles. The molecule has 0 amide bonds. The molecule has 0 saturated heterocycles. The van der Waals surface area contributed by atoms with Crippen molar-refractivity contribution in [2.75, 3.05) is 20.4 Å². The van der Waals surface area contributed by atoms with Crippen LogP contribution >= 0.6 is 7.26 Å². The Kier molecular flexibility index (Phi) is 10.1. The van der Waals surface area contributed by atoms with Crippen LogP contribution < -0.4 is 31.0 Å². The van der Waals surface area contributed by atoms with Gasteiger partial charge >= 0.3 is 221 Å². The minimum Gasteiger partial charge on any atom is -0.493 e. The van der Waals surface area contributed by atoms with E-state index in [4.69, 9.17) is 13.9 Å². The molecular formula is C37H41O4P. The molecule has 4 nitrogen and oxygen atoms in total. The minimum atomic E-state index is -2.15. The van der Waals surface area contributed by atoms with Crippen LogP contribution in [0.1, 0.15) is 44.1 Å². The summed E-state index contributed by atoms with van der Waals surface area (Å²) in [5.74, 6) is 1.20. The van der Waals surface area contributed by atoms with E-state index >= 15 is 0 Å². The molecule has 0 spiro atoms. The molecule has 0 aliphatic heterocycles. The van der Waals surface area contributed by atoms with Gasteiger partial charge in [-0.05, 0) is 0 Å². The second-order valence-corrected chi connectivity index (χ2v) is 15.0. The van der Waals surface area contributed by atoms with Crippen molar-refractivity contribution in [1.29, 1.82) is 0 Å². The average Bonchev–Trinajstić information content (AvgIpc) is 3.04. The molecule has 0 fully saturated rings. The summed E-state index contributed by atoms with van der Waals surface area (Å²) in [4.78, 5) is 12.2. The summed E-state index contributed by atoms with van der Waals surface area (Å²) in [5, 5.41) is 5.36. The van der Waals surface area contributed by atoms with Crippen molar-refractivity contribution in [3.05, 3.63) is 125 Å². The summed E-state index contributed by atoms with van der Waals surface area (Å²) < 4.78 is 16.3. The Hall–Kier alpha value is -3.88. The maximum absolute atomic E-state index is 12.2. The van der Waals surface area contributed by atoms with E-state index in [1.54, 1.807) is 26.4 Å². The maximum atomic E-state index is 12.2. The molecule has 0 unspecified atom stereocenters. The zero-order valence-electron chi connectivity index (χ0n) is 24.7. The van der Waals surface area contributed by atoms with Crippen molar-refractivity contribution in [3.63, 3.8) is 0 Å². The first-order valence-electron chi connectivity index (χ1n) is 15.0. The Morgan fingerprint density at radius 3 is 1.60 bits per heavy atom. The van der Waals surface area contributed by atoms with Gasteiger partial charge in [0.1, 0.15) is 0 Å². The third-order valence-corrected chi connectivity index (χ3v) is 13.4. The summed E-state index contributed by atoms with van der Waals surface area (Å²) in [5.41, 5.74) is 1.22. The van der Waals surface area contributed by atoms with Crippen LogP contribution in [-0.2, 0) is 6.42 Å². The van der Waals surface area contributed by atoms with Crippen molar-refractivity contribution in [1.82, 2.24) is 0 Å². The molecule has 0 N–H and O–H groups in total. The number of unbranched alkanes of at least 4 members (excludes halogenated alkanes) is 5. The second kappa shape index (κ2) is 14.3. The number of ether oxygens (including phenoxy) is 2. The first kappa shape index (κ1) is 29.6. The van der Waals surface area contributed by atoms with Crippen molar-refractivity contribution in [2.45, 2.75) is 44.9 Å². The zero-order chi connectivity index (χ0) is 29.2. The molecule has 0 aliphatic rings. The molecule has 0 aliphatic carbocycles. The van der Waals surface area contributed by atoms with Gasteiger partial charge in [-0.3, -0.25) is 0 Å². The van der Waals surface area contributed by atoms with Gasteiger partial charge in [0.05, 0.1) is 14.2 Å². The van der Waals surface area contributed by atoms with E-state index < -0.39 is 7.26 Å². The monoisotopic (exact) mass is 580 g/mol. The van der Waals surface area contributed by atoms with Crippen LogP contribution in [0.2, 0.25) is 0 Å². The summed E-state index contributed by atoms with van der Waals surface area (Å²) in [6.45, 7) is 0. The molecule has 42 heavy (non-hydrogen) atoms. The van der Waals surface area contributed by atoms with Crippen molar-refractivity contribution < 1.29 is 13.9 Å². The van der Waals surface area contributed by atoms with Crippen molar-refractivity contribution in [2.24, 2.45) is 0 Å². The van der Waals surface area contributed by atoms with Gasteiger partial charge < -0.3 is 9.47 Å². The van der Waals surface area contributed by atoms with Gasteiger partial charge in [-0.1, -0.05) is 0 Å². The number of rotatable bonds is 14. The minimum absolute atomic E-state index is 0.326. The van der Waals surface area contributed by atoms with Crippen LogP contribution in [0.4, 0.5) is 0 Å². The molecule has 5 aromatic rings. The standard InChI is InChI=1S/C37H41O4P/c1-39-35-27-33-29(26-37(38)41-34(33)28-36(35)40-2)18-10-5-3-4-6-17-25-42(30-19-11-7-12-20-30,31-21-13-8-14-22-31)32-23-15-9-16-24-32/h7-9,11-16,19-24,26-28,42H,3-6,10,17-18,25H2,1-2H3. The van der Waals surface area contributed by atoms with E-state index in [9.17, 15) is 4.79 Å².